The standard InChI is InChI=1S/C58H100N2O8/c1-5-9-13-17-21-23-27-31-37-47(35-29-25-19-15-11-7-3)45-59-55(63)57(65,53-39-33-41-67-53)49-43-52(62)50(44-51(49)61)58(66,54-40-34-42-68-54)56(64)60-46-48(36-30-26-20-16-12-8-4)38-32-28-24-22-18-14-10-6-2/h33-34,39-42,47-51,61,65-66H,5-32,35-38,43-46H2,1-4H3,(H,59,63)(H,60,64). The Morgan fingerprint density at radius 3 is 1.21 bits per heavy atom. The lowest BCUT2D eigenvalue weighted by atomic mass is 9.65. The fourth-order valence-corrected chi connectivity index (χ4v) is 10.8. The number of carbonyl (C=O) groups excluding carboxylic acids is 3. The summed E-state index contributed by atoms with van der Waals surface area (Å²) < 4.78 is 11.4. The Balaban J connectivity index is 1.74. The van der Waals surface area contributed by atoms with E-state index < -0.39 is 53.2 Å². The number of hydrogen-bond acceptors (Lipinski definition) is 8. The molecule has 0 saturated heterocycles. The largest absolute Gasteiger partial charge is 0.466 e. The summed E-state index contributed by atoms with van der Waals surface area (Å²) in [4.78, 5) is 43.3. The van der Waals surface area contributed by atoms with Crippen molar-refractivity contribution in [3.8, 4) is 0 Å². The molecule has 0 aromatic carbocycles. The average Bonchev–Trinajstić information content (AvgIpc) is 4.10. The fraction of sp³-hybridized carbons (Fsp3) is 0.810. The molecule has 0 bridgehead atoms. The summed E-state index contributed by atoms with van der Waals surface area (Å²) in [5.74, 6) is -4.40. The van der Waals surface area contributed by atoms with Gasteiger partial charge in [-0.25, -0.2) is 0 Å². The Bertz CT molecular complexity index is 1560. The lowest BCUT2D eigenvalue weighted by Crippen LogP contribution is -2.60. The fourth-order valence-electron chi connectivity index (χ4n) is 10.8. The number of furan rings is 2. The average molecular weight is 953 g/mol. The van der Waals surface area contributed by atoms with E-state index in [0.717, 1.165) is 77.0 Å². The third kappa shape index (κ3) is 20.4. The molecule has 1 aliphatic carbocycles. The van der Waals surface area contributed by atoms with E-state index in [2.05, 4.69) is 38.3 Å². The Morgan fingerprint density at radius 2 is 0.868 bits per heavy atom. The maximum Gasteiger partial charge on any atom is 0.260 e. The highest BCUT2D eigenvalue weighted by Crippen LogP contribution is 2.46. The second kappa shape index (κ2) is 35.2. The van der Waals surface area contributed by atoms with Crippen molar-refractivity contribution in [3.05, 3.63) is 48.3 Å². The second-order valence-corrected chi connectivity index (χ2v) is 20.9. The molecule has 2 aromatic heterocycles. The number of aliphatic hydroxyl groups excluding tert-OH is 1. The van der Waals surface area contributed by atoms with Crippen LogP contribution in [0.25, 0.3) is 0 Å². The van der Waals surface area contributed by atoms with Crippen LogP contribution in [0.15, 0.2) is 45.6 Å². The maximum atomic E-state index is 14.5. The van der Waals surface area contributed by atoms with Gasteiger partial charge < -0.3 is 34.8 Å². The van der Waals surface area contributed by atoms with E-state index in [0.29, 0.717) is 13.1 Å². The molecule has 390 valence electrons. The molecule has 1 fully saturated rings. The van der Waals surface area contributed by atoms with Gasteiger partial charge in [-0.05, 0) is 68.2 Å². The van der Waals surface area contributed by atoms with Gasteiger partial charge in [-0.15, -0.1) is 0 Å². The van der Waals surface area contributed by atoms with Crippen molar-refractivity contribution in [2.24, 2.45) is 23.7 Å². The first kappa shape index (κ1) is 59.4. The molecule has 2 heterocycles. The van der Waals surface area contributed by atoms with Crippen LogP contribution < -0.4 is 10.6 Å². The van der Waals surface area contributed by atoms with Gasteiger partial charge >= 0.3 is 0 Å². The summed E-state index contributed by atoms with van der Waals surface area (Å²) in [5, 5.41) is 43.1. The van der Waals surface area contributed by atoms with E-state index in [1.165, 1.54) is 153 Å². The first-order valence-corrected chi connectivity index (χ1v) is 28.4. The number of amides is 2. The van der Waals surface area contributed by atoms with Gasteiger partial charge in [0.1, 0.15) is 17.3 Å². The van der Waals surface area contributed by atoms with Gasteiger partial charge in [0.2, 0.25) is 11.2 Å². The zero-order valence-corrected chi connectivity index (χ0v) is 43.7. The minimum absolute atomic E-state index is 0.0622. The molecule has 2 amide bonds. The highest BCUT2D eigenvalue weighted by Gasteiger charge is 2.60. The maximum absolute atomic E-state index is 14.5. The van der Waals surface area contributed by atoms with Gasteiger partial charge in [0.15, 0.2) is 0 Å². The van der Waals surface area contributed by atoms with E-state index in [-0.39, 0.29) is 29.8 Å². The molecule has 0 aliphatic heterocycles. The molecule has 7 atom stereocenters. The third-order valence-corrected chi connectivity index (χ3v) is 15.2. The summed E-state index contributed by atoms with van der Waals surface area (Å²) in [6.07, 6.45) is 38.1. The SMILES string of the molecule is CCCCCCCCCCC(CCCCCCCC)CNC(=O)C(O)(c1ccco1)C1CC(O)C(C(O)(C(=O)NCC(CCCCCCCC)CCCCCCCCCC)c2ccco2)CC1=O. The molecule has 0 spiro atoms. The van der Waals surface area contributed by atoms with E-state index >= 15 is 0 Å². The lowest BCUT2D eigenvalue weighted by molar-refractivity contribution is -0.178. The molecule has 3 rings (SSSR count). The molecule has 10 nitrogen and oxygen atoms in total. The van der Waals surface area contributed by atoms with Crippen LogP contribution in [0.1, 0.15) is 258 Å². The smallest absolute Gasteiger partial charge is 0.260 e. The van der Waals surface area contributed by atoms with Crippen molar-refractivity contribution in [1.82, 2.24) is 10.6 Å². The van der Waals surface area contributed by atoms with Crippen molar-refractivity contribution in [2.45, 2.75) is 263 Å². The predicted molar refractivity (Wildman–Crippen MR) is 276 cm³/mol. The van der Waals surface area contributed by atoms with Gasteiger partial charge in [-0.1, -0.05) is 207 Å². The van der Waals surface area contributed by atoms with E-state index in [1.54, 1.807) is 12.1 Å². The summed E-state index contributed by atoms with van der Waals surface area (Å²) in [7, 11) is 0. The molecule has 5 N–H and O–H groups in total. The van der Waals surface area contributed by atoms with E-state index in [1.807, 2.05) is 0 Å². The Labute approximate surface area is 413 Å². The number of unbranched alkanes of at least 4 members (excludes halogenated alkanes) is 24. The summed E-state index contributed by atoms with van der Waals surface area (Å²) in [6.45, 7) is 9.64. The zero-order chi connectivity index (χ0) is 49.3. The monoisotopic (exact) mass is 953 g/mol. The van der Waals surface area contributed by atoms with Crippen LogP contribution in [0.5, 0.6) is 0 Å². The first-order valence-electron chi connectivity index (χ1n) is 28.4. The molecular formula is C58H100N2O8. The Kier molecular flexibility index (Phi) is 30.7. The number of hydrogen-bond donors (Lipinski definition) is 5. The van der Waals surface area contributed by atoms with Crippen molar-refractivity contribution >= 4 is 17.6 Å². The van der Waals surface area contributed by atoms with Crippen LogP contribution in [-0.2, 0) is 25.6 Å². The van der Waals surface area contributed by atoms with Gasteiger partial charge in [0.05, 0.1) is 24.5 Å². The van der Waals surface area contributed by atoms with Crippen LogP contribution in [0.3, 0.4) is 0 Å². The third-order valence-electron chi connectivity index (χ3n) is 15.2. The number of carbonyl (C=O) groups is 3. The predicted octanol–water partition coefficient (Wildman–Crippen LogP) is 13.9. The number of Topliss-reactive ketones (excluding diaryl/α,β-unsaturated/α-hetero) is 1. The molecule has 0 radical (unpaired) electrons. The quantitative estimate of drug-likeness (QED) is 0.0411. The summed E-state index contributed by atoms with van der Waals surface area (Å²) in [6, 6.07) is 6.13. The molecule has 10 heteroatoms. The highest BCUT2D eigenvalue weighted by molar-refractivity contribution is 5.95. The van der Waals surface area contributed by atoms with Crippen molar-refractivity contribution in [2.75, 3.05) is 13.1 Å². The Hall–Kier alpha value is -2.95. The van der Waals surface area contributed by atoms with Gasteiger partial charge in [0, 0.05) is 25.4 Å². The number of ketones is 1. The minimum atomic E-state index is -2.42. The van der Waals surface area contributed by atoms with Crippen LogP contribution >= 0.6 is 0 Å². The van der Waals surface area contributed by atoms with E-state index in [4.69, 9.17) is 8.83 Å². The topological polar surface area (TPSA) is 162 Å². The molecule has 68 heavy (non-hydrogen) atoms. The van der Waals surface area contributed by atoms with Crippen LogP contribution in [0.4, 0.5) is 0 Å². The normalized spacial score (nSPS) is 19.0. The van der Waals surface area contributed by atoms with Crippen molar-refractivity contribution < 1.29 is 38.5 Å². The second-order valence-electron chi connectivity index (χ2n) is 20.9. The lowest BCUT2D eigenvalue weighted by Gasteiger charge is -2.43. The van der Waals surface area contributed by atoms with E-state index in [9.17, 15) is 29.7 Å². The molecule has 2 aromatic rings. The molecule has 7 unspecified atom stereocenters. The number of nitrogens with one attached hydrogen (secondary N) is 2. The van der Waals surface area contributed by atoms with Gasteiger partial charge in [-0.3, -0.25) is 14.4 Å². The van der Waals surface area contributed by atoms with Crippen molar-refractivity contribution in [3.63, 3.8) is 0 Å². The highest BCUT2D eigenvalue weighted by atomic mass is 16.4. The number of rotatable bonds is 42. The number of aliphatic hydroxyl groups is 3. The minimum Gasteiger partial charge on any atom is -0.466 e. The van der Waals surface area contributed by atoms with Crippen LogP contribution in [0, 0.1) is 23.7 Å². The summed E-state index contributed by atoms with van der Waals surface area (Å²) in [5.41, 5.74) is -4.79. The zero-order valence-electron chi connectivity index (χ0n) is 43.7. The molecule has 1 aliphatic rings. The van der Waals surface area contributed by atoms with Crippen LogP contribution in [0.2, 0.25) is 0 Å². The summed E-state index contributed by atoms with van der Waals surface area (Å²) >= 11 is 0. The van der Waals surface area contributed by atoms with Gasteiger partial charge in [0.25, 0.3) is 11.8 Å². The molecule has 1 saturated carbocycles. The van der Waals surface area contributed by atoms with Crippen molar-refractivity contribution in [1.29, 1.82) is 0 Å². The van der Waals surface area contributed by atoms with Crippen LogP contribution in [-0.4, -0.2) is 52.1 Å². The Morgan fingerprint density at radius 1 is 0.544 bits per heavy atom. The van der Waals surface area contributed by atoms with Gasteiger partial charge in [-0.2, -0.15) is 0 Å². The molecular weight excluding hydrogens is 853 g/mol. The first-order chi connectivity index (χ1) is 33.1.